The molecule has 1 aliphatic rings. The van der Waals surface area contributed by atoms with Crippen LogP contribution in [0.1, 0.15) is 22.5 Å². The summed E-state index contributed by atoms with van der Waals surface area (Å²) in [5.41, 5.74) is 3.00. The maximum atomic E-state index is 12.8. The molecule has 0 aliphatic carbocycles. The zero-order valence-electron chi connectivity index (χ0n) is 19.2. The van der Waals surface area contributed by atoms with Gasteiger partial charge in [0, 0.05) is 0 Å². The summed E-state index contributed by atoms with van der Waals surface area (Å²) in [5, 5.41) is 0. The van der Waals surface area contributed by atoms with Crippen LogP contribution < -0.4 is 14.2 Å². The van der Waals surface area contributed by atoms with Gasteiger partial charge in [0.2, 0.25) is 0 Å². The summed E-state index contributed by atoms with van der Waals surface area (Å²) in [7, 11) is 1.59. The Morgan fingerprint density at radius 3 is 2.50 bits per heavy atom. The van der Waals surface area contributed by atoms with E-state index in [4.69, 9.17) is 30.8 Å². The molecule has 0 radical (unpaired) electrons. The highest BCUT2D eigenvalue weighted by molar-refractivity contribution is 8.26. The molecule has 3 aromatic rings. The van der Waals surface area contributed by atoms with Crippen molar-refractivity contribution in [2.24, 2.45) is 0 Å². The van der Waals surface area contributed by atoms with E-state index in [9.17, 15) is 4.79 Å². The van der Waals surface area contributed by atoms with Gasteiger partial charge in [0.05, 0.1) is 24.8 Å². The highest BCUT2D eigenvalue weighted by Gasteiger charge is 2.32. The molecule has 0 atom stereocenters. The first-order valence-electron chi connectivity index (χ1n) is 10.7. The Bertz CT molecular complexity index is 1200. The number of aryl methyl sites for hydroxylation is 2. The SMILES string of the molecule is COc1cc(C=C2SC(=S)N(Cc3ccco3)C2=O)ccc1OCCOc1c(C)cccc1C. The average molecular weight is 496 g/mol. The molecule has 0 bridgehead atoms. The van der Waals surface area contributed by atoms with E-state index in [-0.39, 0.29) is 5.91 Å². The van der Waals surface area contributed by atoms with Gasteiger partial charge in [-0.25, -0.2) is 0 Å². The number of ether oxygens (including phenoxy) is 3. The summed E-state index contributed by atoms with van der Waals surface area (Å²) in [6, 6.07) is 15.2. The van der Waals surface area contributed by atoms with Gasteiger partial charge in [-0.2, -0.15) is 0 Å². The van der Waals surface area contributed by atoms with E-state index in [1.54, 1.807) is 25.5 Å². The summed E-state index contributed by atoms with van der Waals surface area (Å²) in [6.45, 7) is 5.14. The number of benzene rings is 2. The standard InChI is InChI=1S/C26H25NO5S2/c1-17-6-4-7-18(2)24(17)32-13-12-31-21-10-9-19(14-22(21)29-3)15-23-25(28)27(26(33)34-23)16-20-8-5-11-30-20/h4-11,14-15H,12-13,16H2,1-3H3. The number of thioether (sulfide) groups is 1. The van der Waals surface area contributed by atoms with E-state index in [1.165, 1.54) is 16.7 Å². The third-order valence-corrected chi connectivity index (χ3v) is 6.63. The molecule has 4 rings (SSSR count). The van der Waals surface area contributed by atoms with E-state index in [2.05, 4.69) is 0 Å². The Morgan fingerprint density at radius 1 is 1.03 bits per heavy atom. The molecule has 0 unspecified atom stereocenters. The van der Waals surface area contributed by atoms with Crippen LogP contribution in [-0.2, 0) is 11.3 Å². The van der Waals surface area contributed by atoms with Crippen LogP contribution in [-0.4, -0.2) is 35.5 Å². The van der Waals surface area contributed by atoms with Gasteiger partial charge in [-0.3, -0.25) is 9.69 Å². The first kappa shape index (κ1) is 23.9. The van der Waals surface area contributed by atoms with E-state index in [1.807, 2.05) is 56.3 Å². The minimum Gasteiger partial charge on any atom is -0.493 e. The van der Waals surface area contributed by atoms with Gasteiger partial charge in [-0.1, -0.05) is 48.2 Å². The summed E-state index contributed by atoms with van der Waals surface area (Å²) in [5.74, 6) is 2.61. The van der Waals surface area contributed by atoms with Crippen LogP contribution in [0, 0.1) is 13.8 Å². The second kappa shape index (κ2) is 10.8. The number of para-hydroxylation sites is 1. The van der Waals surface area contributed by atoms with Gasteiger partial charge in [0.1, 0.15) is 29.0 Å². The number of amides is 1. The quantitative estimate of drug-likeness (QED) is 0.212. The van der Waals surface area contributed by atoms with Crippen molar-refractivity contribution in [3.63, 3.8) is 0 Å². The highest BCUT2D eigenvalue weighted by Crippen LogP contribution is 2.35. The number of methoxy groups -OCH3 is 1. The minimum atomic E-state index is -0.144. The fraction of sp³-hybridized carbons (Fsp3) is 0.231. The summed E-state index contributed by atoms with van der Waals surface area (Å²) in [4.78, 5) is 14.9. The van der Waals surface area contributed by atoms with E-state index in [0.717, 1.165) is 22.4 Å². The van der Waals surface area contributed by atoms with Crippen LogP contribution in [0.15, 0.2) is 64.1 Å². The van der Waals surface area contributed by atoms with Gasteiger partial charge in [-0.15, -0.1) is 0 Å². The smallest absolute Gasteiger partial charge is 0.266 e. The fourth-order valence-corrected chi connectivity index (χ4v) is 4.82. The number of rotatable bonds is 9. The number of nitrogens with zero attached hydrogens (tertiary/aromatic N) is 1. The van der Waals surface area contributed by atoms with Crippen molar-refractivity contribution in [3.8, 4) is 17.2 Å². The molecular formula is C26H25NO5S2. The molecule has 8 heteroatoms. The van der Waals surface area contributed by atoms with Gasteiger partial charge < -0.3 is 18.6 Å². The molecule has 176 valence electrons. The topological polar surface area (TPSA) is 61.1 Å². The molecule has 2 heterocycles. The first-order chi connectivity index (χ1) is 16.5. The second-order valence-electron chi connectivity index (χ2n) is 7.68. The first-order valence-corrected chi connectivity index (χ1v) is 12.0. The monoisotopic (exact) mass is 495 g/mol. The summed E-state index contributed by atoms with van der Waals surface area (Å²) in [6.07, 6.45) is 3.38. The van der Waals surface area contributed by atoms with Crippen molar-refractivity contribution < 1.29 is 23.4 Å². The Morgan fingerprint density at radius 2 is 1.79 bits per heavy atom. The van der Waals surface area contributed by atoms with Crippen molar-refractivity contribution in [2.75, 3.05) is 20.3 Å². The predicted octanol–water partition coefficient (Wildman–Crippen LogP) is 5.76. The minimum absolute atomic E-state index is 0.144. The van der Waals surface area contributed by atoms with Crippen LogP contribution in [0.2, 0.25) is 0 Å². The molecule has 0 N–H and O–H groups in total. The van der Waals surface area contributed by atoms with Crippen LogP contribution in [0.25, 0.3) is 6.08 Å². The molecule has 0 spiro atoms. The lowest BCUT2D eigenvalue weighted by molar-refractivity contribution is -0.122. The fourth-order valence-electron chi connectivity index (χ4n) is 3.56. The zero-order valence-corrected chi connectivity index (χ0v) is 20.8. The zero-order chi connectivity index (χ0) is 24.1. The van der Waals surface area contributed by atoms with Crippen LogP contribution in [0.5, 0.6) is 17.2 Å². The van der Waals surface area contributed by atoms with Crippen molar-refractivity contribution in [3.05, 3.63) is 82.1 Å². The lowest BCUT2D eigenvalue weighted by Crippen LogP contribution is -2.27. The van der Waals surface area contributed by atoms with Gasteiger partial charge in [-0.05, 0) is 60.9 Å². The van der Waals surface area contributed by atoms with Crippen LogP contribution in [0.3, 0.4) is 0 Å². The van der Waals surface area contributed by atoms with Crippen molar-refractivity contribution in [1.29, 1.82) is 0 Å². The molecule has 34 heavy (non-hydrogen) atoms. The predicted molar refractivity (Wildman–Crippen MR) is 137 cm³/mol. The Labute approximate surface area is 208 Å². The maximum absolute atomic E-state index is 12.8. The number of hydrogen-bond donors (Lipinski definition) is 0. The Hall–Kier alpha value is -3.23. The molecule has 1 amide bonds. The normalized spacial score (nSPS) is 14.7. The Kier molecular flexibility index (Phi) is 7.59. The molecule has 1 aromatic heterocycles. The lowest BCUT2D eigenvalue weighted by atomic mass is 10.1. The third-order valence-electron chi connectivity index (χ3n) is 5.25. The number of hydrogen-bond acceptors (Lipinski definition) is 7. The van der Waals surface area contributed by atoms with E-state index < -0.39 is 0 Å². The lowest BCUT2D eigenvalue weighted by Gasteiger charge is -2.14. The highest BCUT2D eigenvalue weighted by atomic mass is 32.2. The van der Waals surface area contributed by atoms with Crippen molar-refractivity contribution in [1.82, 2.24) is 4.90 Å². The van der Waals surface area contributed by atoms with Crippen molar-refractivity contribution >= 4 is 40.3 Å². The number of thiocarbonyl (C=S) groups is 1. The van der Waals surface area contributed by atoms with Gasteiger partial charge in [0.25, 0.3) is 5.91 Å². The number of furan rings is 1. The molecule has 1 fully saturated rings. The van der Waals surface area contributed by atoms with E-state index >= 15 is 0 Å². The Balaban J connectivity index is 1.39. The van der Waals surface area contributed by atoms with Crippen LogP contribution in [0.4, 0.5) is 0 Å². The number of carbonyl (C=O) groups is 1. The van der Waals surface area contributed by atoms with Gasteiger partial charge in [0.15, 0.2) is 11.5 Å². The second-order valence-corrected chi connectivity index (χ2v) is 9.35. The molecule has 0 saturated carbocycles. The van der Waals surface area contributed by atoms with Crippen molar-refractivity contribution in [2.45, 2.75) is 20.4 Å². The molecular weight excluding hydrogens is 470 g/mol. The van der Waals surface area contributed by atoms with Gasteiger partial charge >= 0.3 is 0 Å². The molecule has 6 nitrogen and oxygen atoms in total. The molecule has 2 aromatic carbocycles. The summed E-state index contributed by atoms with van der Waals surface area (Å²) >= 11 is 6.66. The van der Waals surface area contributed by atoms with E-state index in [0.29, 0.717) is 46.2 Å². The average Bonchev–Trinajstić information content (AvgIpc) is 3.43. The van der Waals surface area contributed by atoms with Crippen LogP contribution >= 0.6 is 24.0 Å². The number of carbonyl (C=O) groups excluding carboxylic acids is 1. The molecule has 1 aliphatic heterocycles. The summed E-state index contributed by atoms with van der Waals surface area (Å²) < 4.78 is 23.1. The molecule has 1 saturated heterocycles. The maximum Gasteiger partial charge on any atom is 0.266 e. The third kappa shape index (κ3) is 5.46. The largest absolute Gasteiger partial charge is 0.493 e.